The van der Waals surface area contributed by atoms with Crippen LogP contribution in [0.2, 0.25) is 0 Å². The molecule has 0 saturated carbocycles. The number of aromatic nitrogens is 2. The number of rotatable bonds is 4. The van der Waals surface area contributed by atoms with Crippen molar-refractivity contribution < 1.29 is 4.79 Å². The van der Waals surface area contributed by atoms with Crippen molar-refractivity contribution in [3.8, 4) is 0 Å². The highest BCUT2D eigenvalue weighted by Crippen LogP contribution is 2.42. The summed E-state index contributed by atoms with van der Waals surface area (Å²) in [6, 6.07) is 5.74. The Bertz CT molecular complexity index is 1070. The highest BCUT2D eigenvalue weighted by atomic mass is 79.9. The number of aryl methyl sites for hydroxylation is 1. The predicted octanol–water partition coefficient (Wildman–Crippen LogP) is 5.83. The molecule has 29 heavy (non-hydrogen) atoms. The molecule has 0 spiro atoms. The third kappa shape index (κ3) is 3.90. The first kappa shape index (κ1) is 20.3. The number of halogens is 1. The monoisotopic (exact) mass is 472 g/mol. The van der Waals surface area contributed by atoms with Gasteiger partial charge in [-0.15, -0.1) is 11.3 Å². The van der Waals surface area contributed by atoms with Gasteiger partial charge in [-0.2, -0.15) is 0 Å². The van der Waals surface area contributed by atoms with Gasteiger partial charge in [-0.05, 0) is 70.3 Å². The smallest absolute Gasteiger partial charge is 0.269 e. The Labute approximate surface area is 183 Å². The Hall–Kier alpha value is -1.99. The summed E-state index contributed by atoms with van der Waals surface area (Å²) in [7, 11) is 0. The Morgan fingerprint density at radius 2 is 2.21 bits per heavy atom. The maximum Gasteiger partial charge on any atom is 0.269 e. The zero-order valence-corrected chi connectivity index (χ0v) is 19.3. The zero-order chi connectivity index (χ0) is 20.8. The second kappa shape index (κ2) is 7.69. The largest absolute Gasteiger partial charge is 0.397 e. The lowest BCUT2D eigenvalue weighted by Gasteiger charge is -2.36. The van der Waals surface area contributed by atoms with E-state index in [4.69, 9.17) is 10.7 Å². The molecule has 0 fully saturated rings. The standard InChI is InChI=1S/C22H25BrN4OS/c1-4-22(2,3)13-5-7-16-12(9-13)10-15-18(24)19(29-21(15)26-16)20(28)27-17-8-6-14(23)11-25-17/h6,8,10-11,13H,4-5,7,9,24H2,1-3H3,(H,25,27,28). The molecule has 0 radical (unpaired) electrons. The summed E-state index contributed by atoms with van der Waals surface area (Å²) >= 11 is 4.70. The van der Waals surface area contributed by atoms with E-state index < -0.39 is 0 Å². The lowest BCUT2D eigenvalue weighted by molar-refractivity contribution is 0.103. The number of pyridine rings is 2. The molecule has 4 rings (SSSR count). The van der Waals surface area contributed by atoms with Crippen LogP contribution in [0.1, 0.15) is 54.5 Å². The highest BCUT2D eigenvalue weighted by Gasteiger charge is 2.32. The van der Waals surface area contributed by atoms with E-state index in [1.54, 1.807) is 12.3 Å². The molecule has 1 aliphatic rings. The number of nitrogens with one attached hydrogen (secondary N) is 1. The molecule has 1 unspecified atom stereocenters. The molecule has 152 valence electrons. The molecule has 0 aliphatic heterocycles. The maximum atomic E-state index is 12.8. The summed E-state index contributed by atoms with van der Waals surface area (Å²) in [5.74, 6) is 0.889. The average molecular weight is 473 g/mol. The molecule has 5 nitrogen and oxygen atoms in total. The number of hydrogen-bond donors (Lipinski definition) is 2. The number of nitrogens with zero attached hydrogens (tertiary/aromatic N) is 2. The quantitative estimate of drug-likeness (QED) is 0.500. The van der Waals surface area contributed by atoms with E-state index in [9.17, 15) is 4.79 Å². The van der Waals surface area contributed by atoms with E-state index in [2.05, 4.69) is 53.1 Å². The minimum atomic E-state index is -0.247. The fourth-order valence-corrected chi connectivity index (χ4v) is 5.16. The lowest BCUT2D eigenvalue weighted by Crippen LogP contribution is -2.29. The van der Waals surface area contributed by atoms with Crippen molar-refractivity contribution in [1.82, 2.24) is 9.97 Å². The second-order valence-corrected chi connectivity index (χ2v) is 10.3. The summed E-state index contributed by atoms with van der Waals surface area (Å²) in [6.45, 7) is 6.97. The second-order valence-electron chi connectivity index (χ2n) is 8.39. The molecule has 1 atom stereocenters. The number of fused-ring (bicyclic) bond motifs is 2. The molecule has 1 aliphatic carbocycles. The number of hydrogen-bond acceptors (Lipinski definition) is 5. The molecule has 0 bridgehead atoms. The number of thiophene rings is 1. The molecule has 3 aromatic heterocycles. The average Bonchev–Trinajstić information content (AvgIpc) is 3.03. The minimum Gasteiger partial charge on any atom is -0.397 e. The molecular weight excluding hydrogens is 448 g/mol. The Morgan fingerprint density at radius 1 is 1.41 bits per heavy atom. The third-order valence-electron chi connectivity index (χ3n) is 6.28. The summed E-state index contributed by atoms with van der Waals surface area (Å²) in [5.41, 5.74) is 9.64. The van der Waals surface area contributed by atoms with E-state index in [0.29, 0.717) is 27.7 Å². The van der Waals surface area contributed by atoms with Gasteiger partial charge in [-0.1, -0.05) is 27.2 Å². The third-order valence-corrected chi connectivity index (χ3v) is 7.86. The molecule has 3 heterocycles. The first-order chi connectivity index (χ1) is 13.8. The van der Waals surface area contributed by atoms with Gasteiger partial charge in [0.15, 0.2) is 0 Å². The molecule has 3 N–H and O–H groups in total. The number of amides is 1. The zero-order valence-electron chi connectivity index (χ0n) is 16.9. The van der Waals surface area contributed by atoms with Crippen LogP contribution in [0.5, 0.6) is 0 Å². The van der Waals surface area contributed by atoms with Gasteiger partial charge in [0, 0.05) is 21.7 Å². The van der Waals surface area contributed by atoms with E-state index in [1.165, 1.54) is 16.9 Å². The summed E-state index contributed by atoms with van der Waals surface area (Å²) < 4.78 is 0.858. The van der Waals surface area contributed by atoms with E-state index in [-0.39, 0.29) is 5.91 Å². The highest BCUT2D eigenvalue weighted by molar-refractivity contribution is 9.10. The van der Waals surface area contributed by atoms with Crippen LogP contribution in [0.3, 0.4) is 0 Å². The number of carbonyl (C=O) groups excluding carboxylic acids is 1. The molecule has 3 aromatic rings. The molecule has 1 amide bonds. The normalized spacial score (nSPS) is 16.6. The number of nitrogens with two attached hydrogens (primary N) is 1. The summed E-state index contributed by atoms with van der Waals surface area (Å²) in [5, 5.41) is 3.71. The van der Waals surface area contributed by atoms with Gasteiger partial charge in [0.2, 0.25) is 0 Å². The molecule has 7 heteroatoms. The molecule has 0 saturated heterocycles. The van der Waals surface area contributed by atoms with Crippen LogP contribution in [0.4, 0.5) is 11.5 Å². The SMILES string of the molecule is CCC(C)(C)C1CCc2nc3sc(C(=O)Nc4ccc(Br)cn4)c(N)c3cc2C1. The van der Waals surface area contributed by atoms with Crippen LogP contribution in [0, 0.1) is 11.3 Å². The Balaban J connectivity index is 1.64. The van der Waals surface area contributed by atoms with Crippen LogP contribution in [-0.2, 0) is 12.8 Å². The Kier molecular flexibility index (Phi) is 5.38. The molecule has 0 aromatic carbocycles. The van der Waals surface area contributed by atoms with Crippen LogP contribution in [0.15, 0.2) is 28.9 Å². The van der Waals surface area contributed by atoms with E-state index >= 15 is 0 Å². The van der Waals surface area contributed by atoms with Gasteiger partial charge in [-0.3, -0.25) is 4.79 Å². The fraction of sp³-hybridized carbons (Fsp3) is 0.409. The van der Waals surface area contributed by atoms with Crippen molar-refractivity contribution in [2.45, 2.75) is 46.5 Å². The van der Waals surface area contributed by atoms with Crippen molar-refractivity contribution in [3.05, 3.63) is 45.0 Å². The first-order valence-corrected chi connectivity index (χ1v) is 11.5. The van der Waals surface area contributed by atoms with Crippen molar-refractivity contribution in [2.75, 3.05) is 11.1 Å². The Morgan fingerprint density at radius 3 is 2.90 bits per heavy atom. The number of carbonyl (C=O) groups is 1. The van der Waals surface area contributed by atoms with Gasteiger partial charge >= 0.3 is 0 Å². The van der Waals surface area contributed by atoms with Gasteiger partial charge in [0.25, 0.3) is 5.91 Å². The van der Waals surface area contributed by atoms with Crippen LogP contribution in [0.25, 0.3) is 10.2 Å². The van der Waals surface area contributed by atoms with Crippen LogP contribution < -0.4 is 11.1 Å². The molecular formula is C22H25BrN4OS. The topological polar surface area (TPSA) is 80.9 Å². The summed E-state index contributed by atoms with van der Waals surface area (Å²) in [6.07, 6.45) is 5.99. The van der Waals surface area contributed by atoms with Crippen molar-refractivity contribution >= 4 is 54.9 Å². The maximum absolute atomic E-state index is 12.8. The minimum absolute atomic E-state index is 0.247. The van der Waals surface area contributed by atoms with Crippen molar-refractivity contribution in [2.24, 2.45) is 11.3 Å². The van der Waals surface area contributed by atoms with Crippen molar-refractivity contribution in [1.29, 1.82) is 0 Å². The van der Waals surface area contributed by atoms with E-state index in [0.717, 1.165) is 46.1 Å². The summed E-state index contributed by atoms with van der Waals surface area (Å²) in [4.78, 5) is 23.2. The lowest BCUT2D eigenvalue weighted by atomic mass is 9.69. The van der Waals surface area contributed by atoms with Gasteiger partial charge in [-0.25, -0.2) is 9.97 Å². The van der Waals surface area contributed by atoms with Crippen LogP contribution >= 0.6 is 27.3 Å². The van der Waals surface area contributed by atoms with Crippen molar-refractivity contribution in [3.63, 3.8) is 0 Å². The first-order valence-electron chi connectivity index (χ1n) is 9.92. The van der Waals surface area contributed by atoms with Gasteiger partial charge in [0.1, 0.15) is 15.5 Å². The predicted molar refractivity (Wildman–Crippen MR) is 124 cm³/mol. The van der Waals surface area contributed by atoms with E-state index in [1.807, 2.05) is 6.07 Å². The number of nitrogen functional groups attached to an aromatic ring is 1. The fourth-order valence-electron chi connectivity index (χ4n) is 3.94. The van der Waals surface area contributed by atoms with Crippen LogP contribution in [-0.4, -0.2) is 15.9 Å². The number of anilines is 2. The van der Waals surface area contributed by atoms with Gasteiger partial charge < -0.3 is 11.1 Å². The van der Waals surface area contributed by atoms with Gasteiger partial charge in [0.05, 0.1) is 5.69 Å².